The van der Waals surface area contributed by atoms with Crippen LogP contribution >= 0.6 is 23.2 Å². The molecule has 0 saturated carbocycles. The average molecular weight is 384 g/mol. The van der Waals surface area contributed by atoms with E-state index in [4.69, 9.17) is 23.2 Å². The van der Waals surface area contributed by atoms with Crippen molar-refractivity contribution in [2.45, 2.75) is 23.7 Å². The van der Waals surface area contributed by atoms with Crippen molar-refractivity contribution in [2.75, 3.05) is 11.6 Å². The van der Waals surface area contributed by atoms with Gasteiger partial charge in [0.05, 0.1) is 21.0 Å². The molecule has 0 aromatic heterocycles. The monoisotopic (exact) mass is 383 g/mol. The summed E-state index contributed by atoms with van der Waals surface area (Å²) in [6.45, 7) is 1.81. The SMILES string of the molecule is CC1(Cc2ccc(S(C)(=O)=O)cc2)C(=O)Nc2c(Cl)ccc(Cl)c21. The quantitative estimate of drug-likeness (QED) is 0.875. The predicted molar refractivity (Wildman–Crippen MR) is 95.7 cm³/mol. The number of hydrogen-bond donors (Lipinski definition) is 1. The first kappa shape index (κ1) is 17.3. The van der Waals surface area contributed by atoms with Crippen molar-refractivity contribution in [3.8, 4) is 0 Å². The number of halogens is 2. The molecule has 126 valence electrons. The highest BCUT2D eigenvalue weighted by Crippen LogP contribution is 2.47. The Hall–Kier alpha value is -1.56. The third-order valence-electron chi connectivity index (χ3n) is 4.30. The first-order chi connectivity index (χ1) is 11.1. The molecule has 0 fully saturated rings. The Morgan fingerprint density at radius 3 is 2.21 bits per heavy atom. The van der Waals surface area contributed by atoms with E-state index in [1.165, 1.54) is 0 Å². The van der Waals surface area contributed by atoms with Crippen LogP contribution in [0.25, 0.3) is 0 Å². The molecule has 3 rings (SSSR count). The summed E-state index contributed by atoms with van der Waals surface area (Å²) in [6, 6.07) is 9.84. The van der Waals surface area contributed by atoms with E-state index in [1.807, 2.05) is 0 Å². The third kappa shape index (κ3) is 2.81. The van der Waals surface area contributed by atoms with E-state index in [0.29, 0.717) is 27.7 Å². The maximum atomic E-state index is 12.6. The summed E-state index contributed by atoms with van der Waals surface area (Å²) in [5.41, 5.74) is 1.19. The number of sulfone groups is 1. The van der Waals surface area contributed by atoms with Gasteiger partial charge in [-0.3, -0.25) is 4.79 Å². The maximum absolute atomic E-state index is 12.6. The molecule has 0 bridgehead atoms. The van der Waals surface area contributed by atoms with Crippen LogP contribution in [0.15, 0.2) is 41.3 Å². The van der Waals surface area contributed by atoms with Crippen molar-refractivity contribution in [1.82, 2.24) is 0 Å². The lowest BCUT2D eigenvalue weighted by Gasteiger charge is -2.23. The van der Waals surface area contributed by atoms with Crippen LogP contribution in [0.5, 0.6) is 0 Å². The molecule has 1 atom stereocenters. The Balaban J connectivity index is 2.02. The average Bonchev–Trinajstić information content (AvgIpc) is 2.76. The van der Waals surface area contributed by atoms with Gasteiger partial charge in [0.25, 0.3) is 0 Å². The second-order valence-corrected chi connectivity index (χ2v) is 8.99. The molecule has 2 aromatic rings. The van der Waals surface area contributed by atoms with E-state index in [-0.39, 0.29) is 10.8 Å². The molecule has 0 spiro atoms. The van der Waals surface area contributed by atoms with E-state index < -0.39 is 15.3 Å². The van der Waals surface area contributed by atoms with Gasteiger partial charge >= 0.3 is 0 Å². The summed E-state index contributed by atoms with van der Waals surface area (Å²) in [4.78, 5) is 12.8. The zero-order valence-electron chi connectivity index (χ0n) is 13.1. The second kappa shape index (κ2) is 5.76. The van der Waals surface area contributed by atoms with Gasteiger partial charge in [-0.2, -0.15) is 0 Å². The van der Waals surface area contributed by atoms with Crippen LogP contribution in [0.1, 0.15) is 18.1 Å². The number of carbonyl (C=O) groups excluding carboxylic acids is 1. The molecule has 2 aromatic carbocycles. The lowest BCUT2D eigenvalue weighted by molar-refractivity contribution is -0.120. The molecule has 4 nitrogen and oxygen atoms in total. The number of hydrogen-bond acceptors (Lipinski definition) is 3. The number of amides is 1. The topological polar surface area (TPSA) is 63.2 Å². The smallest absolute Gasteiger partial charge is 0.235 e. The minimum atomic E-state index is -3.25. The van der Waals surface area contributed by atoms with Crippen LogP contribution in [-0.4, -0.2) is 20.6 Å². The normalized spacial score (nSPS) is 19.9. The van der Waals surface area contributed by atoms with Crippen LogP contribution in [0.4, 0.5) is 5.69 Å². The van der Waals surface area contributed by atoms with E-state index in [9.17, 15) is 13.2 Å². The molecule has 1 aliphatic rings. The molecule has 0 radical (unpaired) electrons. The van der Waals surface area contributed by atoms with Gasteiger partial charge in [0.1, 0.15) is 0 Å². The minimum Gasteiger partial charge on any atom is -0.324 e. The van der Waals surface area contributed by atoms with Crippen LogP contribution in [0, 0.1) is 0 Å². The largest absolute Gasteiger partial charge is 0.324 e. The van der Waals surface area contributed by atoms with Gasteiger partial charge in [0, 0.05) is 16.8 Å². The van der Waals surface area contributed by atoms with E-state index in [2.05, 4.69) is 5.32 Å². The summed E-state index contributed by atoms with van der Waals surface area (Å²) in [5, 5.41) is 3.72. The van der Waals surface area contributed by atoms with Crippen molar-refractivity contribution < 1.29 is 13.2 Å². The molecule has 1 amide bonds. The summed E-state index contributed by atoms with van der Waals surface area (Å²) in [7, 11) is -3.25. The fraction of sp³-hybridized carbons (Fsp3) is 0.235. The highest BCUT2D eigenvalue weighted by atomic mass is 35.5. The molecular weight excluding hydrogens is 369 g/mol. The Morgan fingerprint density at radius 2 is 1.62 bits per heavy atom. The number of anilines is 1. The van der Waals surface area contributed by atoms with Crippen LogP contribution in [0.2, 0.25) is 10.0 Å². The molecule has 7 heteroatoms. The first-order valence-electron chi connectivity index (χ1n) is 7.22. The van der Waals surface area contributed by atoms with Crippen molar-refractivity contribution in [3.63, 3.8) is 0 Å². The van der Waals surface area contributed by atoms with Crippen LogP contribution < -0.4 is 5.32 Å². The maximum Gasteiger partial charge on any atom is 0.235 e. The summed E-state index contributed by atoms with van der Waals surface area (Å²) < 4.78 is 23.1. The highest BCUT2D eigenvalue weighted by molar-refractivity contribution is 7.90. The van der Waals surface area contributed by atoms with Gasteiger partial charge in [0.2, 0.25) is 5.91 Å². The van der Waals surface area contributed by atoms with E-state index in [1.54, 1.807) is 43.3 Å². The first-order valence-corrected chi connectivity index (χ1v) is 9.86. The molecule has 0 aliphatic carbocycles. The molecule has 1 heterocycles. The van der Waals surface area contributed by atoms with Crippen LogP contribution in [0.3, 0.4) is 0 Å². The Bertz CT molecular complexity index is 939. The molecule has 1 unspecified atom stereocenters. The third-order valence-corrected chi connectivity index (χ3v) is 6.06. The van der Waals surface area contributed by atoms with Crippen molar-refractivity contribution in [2.24, 2.45) is 0 Å². The standard InChI is InChI=1S/C17H15Cl2NO3S/c1-17(9-10-3-5-11(6-4-10)24(2,22)23)14-12(18)7-8-13(19)15(14)20-16(17)21/h3-8H,9H2,1-2H3,(H,20,21). The number of carbonyl (C=O) groups is 1. The molecule has 0 saturated heterocycles. The Morgan fingerprint density at radius 1 is 1.04 bits per heavy atom. The minimum absolute atomic E-state index is 0.181. The number of benzene rings is 2. The number of nitrogens with one attached hydrogen (secondary N) is 1. The van der Waals surface area contributed by atoms with Crippen molar-refractivity contribution in [3.05, 3.63) is 57.6 Å². The predicted octanol–water partition coefficient (Wildman–Crippen LogP) is 3.85. The van der Waals surface area contributed by atoms with E-state index >= 15 is 0 Å². The van der Waals surface area contributed by atoms with Crippen molar-refractivity contribution >= 4 is 44.6 Å². The van der Waals surface area contributed by atoms with Gasteiger partial charge in [0.15, 0.2) is 9.84 Å². The molecule has 1 N–H and O–H groups in total. The van der Waals surface area contributed by atoms with Crippen molar-refractivity contribution in [1.29, 1.82) is 0 Å². The lowest BCUT2D eigenvalue weighted by atomic mass is 9.78. The van der Waals surface area contributed by atoms with Gasteiger partial charge in [-0.1, -0.05) is 35.3 Å². The molecule has 1 aliphatic heterocycles. The van der Waals surface area contributed by atoms with Gasteiger partial charge in [-0.05, 0) is 43.2 Å². The Kier molecular flexibility index (Phi) is 4.14. The summed E-state index contributed by atoms with van der Waals surface area (Å²) >= 11 is 12.5. The molecular formula is C17H15Cl2NO3S. The van der Waals surface area contributed by atoms with E-state index in [0.717, 1.165) is 11.8 Å². The fourth-order valence-electron chi connectivity index (χ4n) is 3.01. The fourth-order valence-corrected chi connectivity index (χ4v) is 4.21. The second-order valence-electron chi connectivity index (χ2n) is 6.16. The Labute approximate surface area is 150 Å². The highest BCUT2D eigenvalue weighted by Gasteiger charge is 2.45. The number of fused-ring (bicyclic) bond motifs is 1. The van der Waals surface area contributed by atoms with Gasteiger partial charge in [-0.15, -0.1) is 0 Å². The van der Waals surface area contributed by atoms with Gasteiger partial charge in [-0.25, -0.2) is 8.42 Å². The zero-order valence-corrected chi connectivity index (χ0v) is 15.4. The summed E-state index contributed by atoms with van der Waals surface area (Å²) in [5.74, 6) is -0.181. The molecule has 24 heavy (non-hydrogen) atoms. The lowest BCUT2D eigenvalue weighted by Crippen LogP contribution is -2.33. The zero-order chi connectivity index (χ0) is 17.7. The summed E-state index contributed by atoms with van der Waals surface area (Å²) in [6.07, 6.45) is 1.54. The van der Waals surface area contributed by atoms with Crippen LogP contribution in [-0.2, 0) is 26.5 Å². The van der Waals surface area contributed by atoms with Gasteiger partial charge < -0.3 is 5.32 Å². The number of rotatable bonds is 3.